The number of hydrogen-bond donors (Lipinski definition) is 2. The molecule has 0 aromatic heterocycles. The first-order chi connectivity index (χ1) is 19.6. The van der Waals surface area contributed by atoms with Gasteiger partial charge in [0.25, 0.3) is 0 Å². The van der Waals surface area contributed by atoms with Crippen LogP contribution in [0.2, 0.25) is 0 Å². The van der Waals surface area contributed by atoms with Gasteiger partial charge in [0.15, 0.2) is 0 Å². The Morgan fingerprint density at radius 3 is 2.36 bits per heavy atom. The maximum atomic E-state index is 13.1. The second-order valence-corrected chi connectivity index (χ2v) is 16.7. The first-order valence-corrected chi connectivity index (χ1v) is 17.1. The van der Waals surface area contributed by atoms with Gasteiger partial charge in [-0.25, -0.2) is 0 Å². The molecule has 4 N–H and O–H groups in total. The Balaban J connectivity index is 1.30. The third kappa shape index (κ3) is 5.11. The first kappa shape index (κ1) is 31.5. The second kappa shape index (κ2) is 11.2. The Morgan fingerprint density at radius 2 is 1.67 bits per heavy atom. The van der Waals surface area contributed by atoms with Crippen LogP contribution in [-0.2, 0) is 16.0 Å². The number of fused-ring (bicyclic) bond motifs is 5. The Morgan fingerprint density at radius 1 is 0.952 bits per heavy atom. The van der Waals surface area contributed by atoms with Crippen molar-refractivity contribution in [2.24, 2.45) is 51.2 Å². The molecule has 4 nitrogen and oxygen atoms in total. The molecule has 0 radical (unpaired) electrons. The van der Waals surface area contributed by atoms with Crippen molar-refractivity contribution >= 4 is 17.3 Å². The molecular formula is C38H60N2O2. The standard InChI is InChI=1S/C38H60N2O2/c1-24(2)10-9-11-25(3)28-16-20-38(8)30-14-15-32-35(4,5)33(18-19-36(32,6)29(30)17-21-37(28,38)7)42-34(41)22-26-12-13-27(39)23-31(26)40/h10,12-13,23,25,28-30,32-33H,9,11,14-22,39-40H2,1-8H3. The zero-order valence-electron chi connectivity index (χ0n) is 28.0. The molecule has 4 fully saturated rings. The molecule has 4 aliphatic rings. The van der Waals surface area contributed by atoms with E-state index in [1.54, 1.807) is 12.1 Å². The van der Waals surface area contributed by atoms with Crippen molar-refractivity contribution in [3.8, 4) is 0 Å². The second-order valence-electron chi connectivity index (χ2n) is 16.7. The van der Waals surface area contributed by atoms with Gasteiger partial charge in [0.05, 0.1) is 6.42 Å². The lowest BCUT2D eigenvalue weighted by Crippen LogP contribution is -2.62. The Kier molecular flexibility index (Phi) is 8.38. The van der Waals surface area contributed by atoms with Crippen LogP contribution in [0.25, 0.3) is 0 Å². The molecule has 0 bridgehead atoms. The molecule has 234 valence electrons. The van der Waals surface area contributed by atoms with Crippen molar-refractivity contribution in [1.82, 2.24) is 0 Å². The van der Waals surface area contributed by atoms with Gasteiger partial charge in [-0.05, 0) is 142 Å². The van der Waals surface area contributed by atoms with E-state index in [1.165, 1.54) is 63.4 Å². The highest BCUT2D eigenvalue weighted by Crippen LogP contribution is 2.74. The number of nitrogen functional groups attached to an aromatic ring is 2. The van der Waals surface area contributed by atoms with Gasteiger partial charge in [-0.3, -0.25) is 4.79 Å². The van der Waals surface area contributed by atoms with Crippen LogP contribution >= 0.6 is 0 Å². The van der Waals surface area contributed by atoms with Crippen LogP contribution in [0.1, 0.15) is 125 Å². The maximum absolute atomic E-state index is 13.1. The van der Waals surface area contributed by atoms with Crippen LogP contribution < -0.4 is 11.5 Å². The van der Waals surface area contributed by atoms with Gasteiger partial charge in [-0.15, -0.1) is 0 Å². The van der Waals surface area contributed by atoms with E-state index >= 15 is 0 Å². The van der Waals surface area contributed by atoms with Crippen molar-refractivity contribution in [2.75, 3.05) is 11.5 Å². The summed E-state index contributed by atoms with van der Waals surface area (Å²) in [6.45, 7) is 19.8. The molecule has 4 saturated carbocycles. The highest BCUT2D eigenvalue weighted by Gasteiger charge is 2.67. The number of carbonyl (C=O) groups excluding carboxylic acids is 1. The van der Waals surface area contributed by atoms with E-state index in [0.29, 0.717) is 33.5 Å². The van der Waals surface area contributed by atoms with Gasteiger partial charge in [-0.1, -0.05) is 59.3 Å². The molecule has 1 aromatic carbocycles. The Bertz CT molecular complexity index is 1200. The smallest absolute Gasteiger partial charge is 0.310 e. The van der Waals surface area contributed by atoms with E-state index in [1.807, 2.05) is 6.07 Å². The zero-order chi connectivity index (χ0) is 30.7. The minimum atomic E-state index is -0.168. The minimum Gasteiger partial charge on any atom is -0.462 e. The SMILES string of the molecule is CC(C)=CCCC(C)C1CCC2(C)C3CCC4C(C)(C)C(OC(=O)Cc5ccc(N)cc5N)CCC4(C)C3CCC12C. The molecule has 4 aliphatic carbocycles. The van der Waals surface area contributed by atoms with E-state index in [9.17, 15) is 4.79 Å². The predicted molar refractivity (Wildman–Crippen MR) is 176 cm³/mol. The van der Waals surface area contributed by atoms with Crippen LogP contribution in [-0.4, -0.2) is 12.1 Å². The van der Waals surface area contributed by atoms with Gasteiger partial charge in [0.1, 0.15) is 6.10 Å². The monoisotopic (exact) mass is 576 g/mol. The summed E-state index contributed by atoms with van der Waals surface area (Å²) in [7, 11) is 0. The minimum absolute atomic E-state index is 0.0421. The van der Waals surface area contributed by atoms with E-state index in [-0.39, 0.29) is 23.9 Å². The van der Waals surface area contributed by atoms with Crippen LogP contribution in [0.3, 0.4) is 0 Å². The van der Waals surface area contributed by atoms with Gasteiger partial charge in [0.2, 0.25) is 0 Å². The average molecular weight is 577 g/mol. The van der Waals surface area contributed by atoms with Crippen molar-refractivity contribution < 1.29 is 9.53 Å². The van der Waals surface area contributed by atoms with Crippen LogP contribution in [0, 0.1) is 51.2 Å². The van der Waals surface area contributed by atoms with Crippen LogP contribution in [0.4, 0.5) is 11.4 Å². The number of esters is 1. The molecule has 0 spiro atoms. The third-order valence-corrected chi connectivity index (χ3v) is 14.1. The summed E-state index contributed by atoms with van der Waals surface area (Å²) in [6, 6.07) is 5.39. The number of nitrogens with two attached hydrogens (primary N) is 2. The molecule has 42 heavy (non-hydrogen) atoms. The molecule has 0 aliphatic heterocycles. The summed E-state index contributed by atoms with van der Waals surface area (Å²) in [6.07, 6.45) is 15.4. The quantitative estimate of drug-likeness (QED) is 0.192. The van der Waals surface area contributed by atoms with E-state index in [2.05, 4.69) is 61.5 Å². The Hall–Kier alpha value is -1.97. The normalized spacial score (nSPS) is 39.4. The molecule has 4 heteroatoms. The summed E-state index contributed by atoms with van der Waals surface area (Å²) in [5, 5.41) is 0. The highest BCUT2D eigenvalue weighted by molar-refractivity contribution is 5.76. The van der Waals surface area contributed by atoms with E-state index in [4.69, 9.17) is 16.2 Å². The number of hydrogen-bond acceptors (Lipinski definition) is 4. The van der Waals surface area contributed by atoms with Crippen LogP contribution in [0.5, 0.6) is 0 Å². The summed E-state index contributed by atoms with van der Waals surface area (Å²) in [4.78, 5) is 13.1. The molecule has 9 unspecified atom stereocenters. The number of allylic oxidation sites excluding steroid dienone is 2. The fourth-order valence-electron chi connectivity index (χ4n) is 11.6. The van der Waals surface area contributed by atoms with Gasteiger partial charge < -0.3 is 16.2 Å². The van der Waals surface area contributed by atoms with E-state index < -0.39 is 0 Å². The first-order valence-electron chi connectivity index (χ1n) is 17.1. The molecule has 0 saturated heterocycles. The lowest BCUT2D eigenvalue weighted by Gasteiger charge is -2.67. The summed E-state index contributed by atoms with van der Waals surface area (Å²) < 4.78 is 6.29. The molecule has 5 rings (SSSR count). The Labute approximate surface area is 256 Å². The van der Waals surface area contributed by atoms with Gasteiger partial charge in [-0.2, -0.15) is 0 Å². The number of benzene rings is 1. The fourth-order valence-corrected chi connectivity index (χ4v) is 11.6. The summed E-state index contributed by atoms with van der Waals surface area (Å²) >= 11 is 0. The number of carbonyl (C=O) groups is 1. The largest absolute Gasteiger partial charge is 0.462 e. The third-order valence-electron chi connectivity index (χ3n) is 14.1. The van der Waals surface area contributed by atoms with Crippen molar-refractivity contribution in [2.45, 2.75) is 132 Å². The lowest BCUT2D eigenvalue weighted by atomic mass is 9.38. The number of anilines is 2. The van der Waals surface area contributed by atoms with Gasteiger partial charge >= 0.3 is 5.97 Å². The number of ether oxygens (including phenoxy) is 1. The van der Waals surface area contributed by atoms with Crippen molar-refractivity contribution in [3.05, 3.63) is 35.4 Å². The molecule has 0 amide bonds. The molecule has 0 heterocycles. The predicted octanol–water partition coefficient (Wildman–Crippen LogP) is 9.37. The topological polar surface area (TPSA) is 78.3 Å². The molecular weight excluding hydrogens is 516 g/mol. The van der Waals surface area contributed by atoms with Crippen molar-refractivity contribution in [1.29, 1.82) is 0 Å². The molecule has 9 atom stereocenters. The van der Waals surface area contributed by atoms with E-state index in [0.717, 1.165) is 35.7 Å². The van der Waals surface area contributed by atoms with Crippen molar-refractivity contribution in [3.63, 3.8) is 0 Å². The van der Waals surface area contributed by atoms with Gasteiger partial charge in [0, 0.05) is 16.8 Å². The average Bonchev–Trinajstić information content (AvgIpc) is 3.18. The summed E-state index contributed by atoms with van der Waals surface area (Å²) in [5.74, 6) is 3.64. The molecule has 1 aromatic rings. The summed E-state index contributed by atoms with van der Waals surface area (Å²) in [5.41, 5.74) is 16.6. The fraction of sp³-hybridized carbons (Fsp3) is 0.763. The maximum Gasteiger partial charge on any atom is 0.310 e. The zero-order valence-corrected chi connectivity index (χ0v) is 28.0. The number of rotatable bonds is 7. The van der Waals surface area contributed by atoms with Crippen LogP contribution in [0.15, 0.2) is 29.8 Å². The lowest BCUT2D eigenvalue weighted by molar-refractivity contribution is -0.210. The highest BCUT2D eigenvalue weighted by atomic mass is 16.5.